The molecule has 1 amide bonds. The van der Waals surface area contributed by atoms with Gasteiger partial charge in [0.25, 0.3) is 0 Å². The van der Waals surface area contributed by atoms with Gasteiger partial charge in [-0.25, -0.2) is 4.79 Å². The molecule has 0 aromatic rings. The maximum Gasteiger partial charge on any atom is 0.407 e. The largest absolute Gasteiger partial charge is 0.444 e. The second kappa shape index (κ2) is 5.82. The third-order valence-electron chi connectivity index (χ3n) is 1.13. The lowest BCUT2D eigenvalue weighted by Gasteiger charge is -2.19. The minimum Gasteiger partial charge on any atom is -0.444 e. The molecule has 0 aromatic heterocycles. The Kier molecular flexibility index (Phi) is 5.49. The van der Waals surface area contributed by atoms with Gasteiger partial charge in [-0.15, -0.1) is 0 Å². The molecule has 0 bridgehead atoms. The molecule has 5 nitrogen and oxygen atoms in total. The van der Waals surface area contributed by atoms with E-state index in [-0.39, 0.29) is 6.61 Å². The van der Waals surface area contributed by atoms with Crippen LogP contribution in [-0.2, 0) is 9.47 Å². The van der Waals surface area contributed by atoms with Crippen LogP contribution in [0.15, 0.2) is 0 Å². The minimum atomic E-state index is -0.810. The zero-order chi connectivity index (χ0) is 11.2. The lowest BCUT2D eigenvalue weighted by molar-refractivity contribution is -0.0836. The van der Waals surface area contributed by atoms with Gasteiger partial charge in [0.1, 0.15) is 5.60 Å². The lowest BCUT2D eigenvalue weighted by atomic mass is 10.2. The molecule has 0 radical (unpaired) electrons. The molecule has 0 aliphatic heterocycles. The van der Waals surface area contributed by atoms with Gasteiger partial charge in [0.2, 0.25) is 0 Å². The topological polar surface area (TPSA) is 67.8 Å². The van der Waals surface area contributed by atoms with Crippen LogP contribution in [0.3, 0.4) is 0 Å². The second-order valence-electron chi connectivity index (χ2n) is 3.90. The van der Waals surface area contributed by atoms with Crippen LogP contribution < -0.4 is 5.32 Å². The van der Waals surface area contributed by atoms with Crippen molar-refractivity contribution in [3.8, 4) is 0 Å². The van der Waals surface area contributed by atoms with E-state index < -0.39 is 18.0 Å². The second-order valence-corrected chi connectivity index (χ2v) is 3.90. The molecule has 1 atom stereocenters. The smallest absolute Gasteiger partial charge is 0.407 e. The summed E-state index contributed by atoms with van der Waals surface area (Å²) in [5.74, 6) is 0. The SMILES string of the molecule is CC(O)OCCNC(=O)OC(C)(C)C. The number of carbonyl (C=O) groups is 1. The number of aliphatic hydroxyl groups is 1. The van der Waals surface area contributed by atoms with Crippen LogP contribution in [0.5, 0.6) is 0 Å². The first-order valence-corrected chi connectivity index (χ1v) is 4.58. The number of ether oxygens (including phenoxy) is 2. The van der Waals surface area contributed by atoms with Gasteiger partial charge in [0, 0.05) is 6.54 Å². The van der Waals surface area contributed by atoms with Crippen molar-refractivity contribution in [3.05, 3.63) is 0 Å². The maximum atomic E-state index is 11.1. The van der Waals surface area contributed by atoms with Gasteiger partial charge in [-0.05, 0) is 27.7 Å². The van der Waals surface area contributed by atoms with Crippen molar-refractivity contribution in [1.82, 2.24) is 5.32 Å². The van der Waals surface area contributed by atoms with E-state index in [9.17, 15) is 4.79 Å². The Labute approximate surface area is 84.4 Å². The normalized spacial score (nSPS) is 13.5. The molecule has 5 heteroatoms. The molecule has 0 aliphatic rings. The van der Waals surface area contributed by atoms with Crippen molar-refractivity contribution < 1.29 is 19.4 Å². The number of amides is 1. The van der Waals surface area contributed by atoms with Gasteiger partial charge in [-0.1, -0.05) is 0 Å². The van der Waals surface area contributed by atoms with Crippen molar-refractivity contribution in [2.24, 2.45) is 0 Å². The van der Waals surface area contributed by atoms with Crippen LogP contribution in [0.1, 0.15) is 27.7 Å². The molecule has 0 heterocycles. The zero-order valence-corrected chi connectivity index (χ0v) is 9.16. The van der Waals surface area contributed by atoms with Crippen LogP contribution in [0.2, 0.25) is 0 Å². The number of hydrogen-bond acceptors (Lipinski definition) is 4. The maximum absolute atomic E-state index is 11.1. The highest BCUT2D eigenvalue weighted by molar-refractivity contribution is 5.67. The molecular formula is C9H19NO4. The predicted molar refractivity (Wildman–Crippen MR) is 51.9 cm³/mol. The number of carbonyl (C=O) groups excluding carboxylic acids is 1. The fourth-order valence-electron chi connectivity index (χ4n) is 0.697. The summed E-state index contributed by atoms with van der Waals surface area (Å²) in [7, 11) is 0. The first-order chi connectivity index (χ1) is 6.31. The van der Waals surface area contributed by atoms with Gasteiger partial charge >= 0.3 is 6.09 Å². The molecule has 1 unspecified atom stereocenters. The molecule has 0 rings (SSSR count). The first kappa shape index (κ1) is 13.2. The molecule has 0 saturated carbocycles. The predicted octanol–water partition coefficient (Wildman–Crippen LogP) is 0.866. The van der Waals surface area contributed by atoms with Crippen molar-refractivity contribution >= 4 is 6.09 Å². The van der Waals surface area contributed by atoms with Gasteiger partial charge in [-0.2, -0.15) is 0 Å². The number of aliphatic hydroxyl groups excluding tert-OH is 1. The van der Waals surface area contributed by atoms with E-state index in [1.807, 2.05) is 0 Å². The van der Waals surface area contributed by atoms with Gasteiger partial charge in [0.15, 0.2) is 6.29 Å². The fraction of sp³-hybridized carbons (Fsp3) is 0.889. The summed E-state index contributed by atoms with van der Waals surface area (Å²) in [6.07, 6.45) is -1.29. The molecule has 0 aromatic carbocycles. The number of rotatable bonds is 4. The Hall–Kier alpha value is -0.810. The monoisotopic (exact) mass is 205 g/mol. The van der Waals surface area contributed by atoms with Crippen molar-refractivity contribution in [1.29, 1.82) is 0 Å². The van der Waals surface area contributed by atoms with Crippen LogP contribution in [0.25, 0.3) is 0 Å². The molecule has 0 spiro atoms. The average Bonchev–Trinajstić information content (AvgIpc) is 1.94. The third kappa shape index (κ3) is 9.28. The highest BCUT2D eigenvalue weighted by atomic mass is 16.6. The lowest BCUT2D eigenvalue weighted by Crippen LogP contribution is -2.34. The average molecular weight is 205 g/mol. The van der Waals surface area contributed by atoms with Crippen LogP contribution in [-0.4, -0.2) is 36.2 Å². The Morgan fingerprint density at radius 3 is 2.50 bits per heavy atom. The van der Waals surface area contributed by atoms with Crippen molar-refractivity contribution in [2.45, 2.75) is 39.6 Å². The molecule has 84 valence electrons. The van der Waals surface area contributed by atoms with Crippen LogP contribution >= 0.6 is 0 Å². The number of hydrogen-bond donors (Lipinski definition) is 2. The van der Waals surface area contributed by atoms with E-state index in [2.05, 4.69) is 5.32 Å². The Morgan fingerprint density at radius 1 is 1.50 bits per heavy atom. The summed E-state index contributed by atoms with van der Waals surface area (Å²) in [4.78, 5) is 11.1. The Morgan fingerprint density at radius 2 is 2.07 bits per heavy atom. The van der Waals surface area contributed by atoms with Gasteiger partial charge in [-0.3, -0.25) is 0 Å². The summed E-state index contributed by atoms with van der Waals surface area (Å²) in [6, 6.07) is 0. The Bertz CT molecular complexity index is 174. The zero-order valence-electron chi connectivity index (χ0n) is 9.16. The molecule has 0 fully saturated rings. The number of nitrogens with one attached hydrogen (secondary N) is 1. The van der Waals surface area contributed by atoms with E-state index in [0.29, 0.717) is 6.54 Å². The highest BCUT2D eigenvalue weighted by Crippen LogP contribution is 2.05. The molecule has 0 aliphatic carbocycles. The number of alkyl carbamates (subject to hydrolysis) is 1. The first-order valence-electron chi connectivity index (χ1n) is 4.58. The standard InChI is InChI=1S/C9H19NO4/c1-7(11)13-6-5-10-8(12)14-9(2,3)4/h7,11H,5-6H2,1-4H3,(H,10,12). The van der Waals surface area contributed by atoms with Gasteiger partial charge < -0.3 is 19.9 Å². The Balaban J connectivity index is 3.46. The van der Waals surface area contributed by atoms with Crippen molar-refractivity contribution in [2.75, 3.05) is 13.2 Å². The third-order valence-corrected chi connectivity index (χ3v) is 1.13. The van der Waals surface area contributed by atoms with E-state index in [1.165, 1.54) is 6.92 Å². The quantitative estimate of drug-likeness (QED) is 0.528. The molecule has 0 saturated heterocycles. The summed E-state index contributed by atoms with van der Waals surface area (Å²) < 4.78 is 9.78. The molecular weight excluding hydrogens is 186 g/mol. The van der Waals surface area contributed by atoms with Crippen LogP contribution in [0.4, 0.5) is 4.79 Å². The van der Waals surface area contributed by atoms with Crippen LogP contribution in [0, 0.1) is 0 Å². The molecule has 14 heavy (non-hydrogen) atoms. The van der Waals surface area contributed by atoms with E-state index in [4.69, 9.17) is 14.6 Å². The van der Waals surface area contributed by atoms with Gasteiger partial charge in [0.05, 0.1) is 6.61 Å². The summed E-state index contributed by atoms with van der Waals surface area (Å²) >= 11 is 0. The summed E-state index contributed by atoms with van der Waals surface area (Å²) in [5.41, 5.74) is -0.491. The summed E-state index contributed by atoms with van der Waals surface area (Å²) in [6.45, 7) is 7.46. The van der Waals surface area contributed by atoms with E-state index in [0.717, 1.165) is 0 Å². The van der Waals surface area contributed by atoms with Crippen molar-refractivity contribution in [3.63, 3.8) is 0 Å². The fourth-order valence-corrected chi connectivity index (χ4v) is 0.697. The molecule has 2 N–H and O–H groups in total. The summed E-state index contributed by atoms with van der Waals surface area (Å²) in [5, 5.41) is 11.2. The minimum absolute atomic E-state index is 0.261. The van der Waals surface area contributed by atoms with E-state index >= 15 is 0 Å². The highest BCUT2D eigenvalue weighted by Gasteiger charge is 2.15. The van der Waals surface area contributed by atoms with E-state index in [1.54, 1.807) is 20.8 Å².